The molecule has 5 rings (SSSR count). The van der Waals surface area contributed by atoms with Crippen molar-refractivity contribution in [2.75, 3.05) is 37.7 Å². The van der Waals surface area contributed by atoms with Crippen LogP contribution in [0, 0.1) is 5.92 Å². The number of hydrogen-bond donors (Lipinski definition) is 0. The molecule has 0 radical (unpaired) electrons. The summed E-state index contributed by atoms with van der Waals surface area (Å²) in [5.41, 5.74) is 1.21. The Morgan fingerprint density at radius 1 is 1.16 bits per heavy atom. The zero-order chi connectivity index (χ0) is 26.0. The summed E-state index contributed by atoms with van der Waals surface area (Å²) in [7, 11) is -3.58. The van der Waals surface area contributed by atoms with Crippen LogP contribution < -0.4 is 9.64 Å². The lowest BCUT2D eigenvalue weighted by atomic mass is 10.0. The SMILES string of the molecule is CCOc1ccc2nc(N(CC3CCCO3)C(=O)c3ccc(S(=O)(=O)N4CCC(C)CC4)cc3)sc2c1. The van der Waals surface area contributed by atoms with Crippen molar-refractivity contribution in [3.05, 3.63) is 48.0 Å². The van der Waals surface area contributed by atoms with Crippen LogP contribution in [0.3, 0.4) is 0 Å². The van der Waals surface area contributed by atoms with Crippen molar-refractivity contribution < 1.29 is 22.7 Å². The minimum atomic E-state index is -3.58. The van der Waals surface area contributed by atoms with E-state index in [4.69, 9.17) is 14.5 Å². The number of ether oxygens (including phenoxy) is 2. The van der Waals surface area contributed by atoms with Gasteiger partial charge in [-0.05, 0) is 81.0 Å². The third kappa shape index (κ3) is 5.67. The summed E-state index contributed by atoms with van der Waals surface area (Å²) in [6.45, 7) is 6.80. The second kappa shape index (κ2) is 11.1. The van der Waals surface area contributed by atoms with Crippen molar-refractivity contribution in [3.63, 3.8) is 0 Å². The molecular weight excluding hydrogens is 510 g/mol. The molecule has 3 aromatic rings. The number of aromatic nitrogens is 1. The molecule has 0 saturated carbocycles. The second-order valence-electron chi connectivity index (χ2n) is 9.72. The van der Waals surface area contributed by atoms with Gasteiger partial charge >= 0.3 is 0 Å². The molecule has 0 bridgehead atoms. The number of rotatable bonds is 8. The Morgan fingerprint density at radius 3 is 2.59 bits per heavy atom. The van der Waals surface area contributed by atoms with Gasteiger partial charge < -0.3 is 9.47 Å². The number of carbonyl (C=O) groups is 1. The lowest BCUT2D eigenvalue weighted by Crippen LogP contribution is -2.38. The minimum absolute atomic E-state index is 0.0592. The summed E-state index contributed by atoms with van der Waals surface area (Å²) in [5, 5.41) is 0.586. The Morgan fingerprint density at radius 2 is 1.92 bits per heavy atom. The van der Waals surface area contributed by atoms with E-state index in [9.17, 15) is 13.2 Å². The summed E-state index contributed by atoms with van der Waals surface area (Å²) >= 11 is 1.43. The average molecular weight is 544 g/mol. The number of thiazole rings is 1. The molecule has 198 valence electrons. The highest BCUT2D eigenvalue weighted by Crippen LogP contribution is 2.33. The van der Waals surface area contributed by atoms with Gasteiger partial charge in [0.15, 0.2) is 5.13 Å². The zero-order valence-electron chi connectivity index (χ0n) is 21.3. The number of benzene rings is 2. The van der Waals surface area contributed by atoms with Crippen molar-refractivity contribution in [3.8, 4) is 5.75 Å². The summed E-state index contributed by atoms with van der Waals surface area (Å²) in [5.74, 6) is 1.08. The Hall–Kier alpha value is -2.53. The van der Waals surface area contributed by atoms with Crippen LogP contribution in [0.1, 0.15) is 49.9 Å². The first-order chi connectivity index (χ1) is 17.8. The molecule has 1 amide bonds. The van der Waals surface area contributed by atoms with Crippen molar-refractivity contribution >= 4 is 42.6 Å². The van der Waals surface area contributed by atoms with Crippen molar-refractivity contribution in [2.24, 2.45) is 5.92 Å². The Bertz CT molecular complexity index is 1340. The van der Waals surface area contributed by atoms with Gasteiger partial charge in [-0.3, -0.25) is 9.69 Å². The number of carbonyl (C=O) groups excluding carboxylic acids is 1. The number of nitrogens with zero attached hydrogens (tertiary/aromatic N) is 3. The topological polar surface area (TPSA) is 89.0 Å². The largest absolute Gasteiger partial charge is 0.494 e. The van der Waals surface area contributed by atoms with E-state index in [-0.39, 0.29) is 16.9 Å². The predicted molar refractivity (Wildman–Crippen MR) is 145 cm³/mol. The predicted octanol–water partition coefficient (Wildman–Crippen LogP) is 4.94. The van der Waals surface area contributed by atoms with Gasteiger partial charge in [0.2, 0.25) is 10.0 Å². The summed E-state index contributed by atoms with van der Waals surface area (Å²) in [4.78, 5) is 20.3. The lowest BCUT2D eigenvalue weighted by molar-refractivity contribution is 0.0917. The Labute approximate surface area is 222 Å². The van der Waals surface area contributed by atoms with Gasteiger partial charge in [-0.1, -0.05) is 18.3 Å². The maximum atomic E-state index is 13.7. The molecule has 1 aromatic heterocycles. The molecule has 2 saturated heterocycles. The van der Waals surface area contributed by atoms with E-state index in [1.54, 1.807) is 21.3 Å². The van der Waals surface area contributed by atoms with Gasteiger partial charge in [-0.25, -0.2) is 13.4 Å². The maximum absolute atomic E-state index is 13.7. The zero-order valence-corrected chi connectivity index (χ0v) is 22.9. The molecule has 2 aromatic carbocycles. The number of amides is 1. The Kier molecular flexibility index (Phi) is 7.80. The van der Waals surface area contributed by atoms with Crippen molar-refractivity contribution in [1.82, 2.24) is 9.29 Å². The van der Waals surface area contributed by atoms with Crippen LogP contribution in [0.25, 0.3) is 10.2 Å². The fourth-order valence-corrected chi connectivity index (χ4v) is 7.28. The molecule has 0 N–H and O–H groups in total. The van der Waals surface area contributed by atoms with Gasteiger partial charge in [-0.15, -0.1) is 0 Å². The van der Waals surface area contributed by atoms with E-state index >= 15 is 0 Å². The summed E-state index contributed by atoms with van der Waals surface area (Å²) < 4.78 is 40.2. The number of fused-ring (bicyclic) bond motifs is 1. The van der Waals surface area contributed by atoms with E-state index in [2.05, 4.69) is 6.92 Å². The van der Waals surface area contributed by atoms with Crippen LogP contribution in [0.5, 0.6) is 5.75 Å². The van der Waals surface area contributed by atoms with E-state index in [0.29, 0.717) is 49.5 Å². The molecule has 8 nitrogen and oxygen atoms in total. The number of hydrogen-bond acceptors (Lipinski definition) is 7. The first-order valence-corrected chi connectivity index (χ1v) is 15.2. The molecule has 1 atom stereocenters. The monoisotopic (exact) mass is 543 g/mol. The highest BCUT2D eigenvalue weighted by molar-refractivity contribution is 7.89. The minimum Gasteiger partial charge on any atom is -0.494 e. The quantitative estimate of drug-likeness (QED) is 0.400. The molecule has 2 fully saturated rings. The molecule has 2 aliphatic heterocycles. The van der Waals surface area contributed by atoms with Crippen LogP contribution in [-0.2, 0) is 14.8 Å². The molecule has 10 heteroatoms. The molecular formula is C27H33N3O5S2. The molecule has 37 heavy (non-hydrogen) atoms. The normalized spacial score (nSPS) is 19.4. The number of anilines is 1. The van der Waals surface area contributed by atoms with E-state index in [0.717, 1.165) is 41.6 Å². The maximum Gasteiger partial charge on any atom is 0.260 e. The van der Waals surface area contributed by atoms with Crippen LogP contribution in [0.15, 0.2) is 47.4 Å². The average Bonchev–Trinajstić information content (AvgIpc) is 3.57. The van der Waals surface area contributed by atoms with Gasteiger partial charge in [0, 0.05) is 25.3 Å². The fraction of sp³-hybridized carbons (Fsp3) is 0.481. The summed E-state index contributed by atoms with van der Waals surface area (Å²) in [6.07, 6.45) is 3.52. The lowest BCUT2D eigenvalue weighted by Gasteiger charge is -2.29. The third-order valence-corrected chi connectivity index (χ3v) is 9.98. The highest BCUT2D eigenvalue weighted by atomic mass is 32.2. The highest BCUT2D eigenvalue weighted by Gasteiger charge is 2.30. The van der Waals surface area contributed by atoms with Crippen LogP contribution in [-0.4, -0.2) is 62.6 Å². The van der Waals surface area contributed by atoms with Crippen molar-refractivity contribution in [2.45, 2.75) is 50.5 Å². The molecule has 0 spiro atoms. The molecule has 1 unspecified atom stereocenters. The first-order valence-electron chi connectivity index (χ1n) is 12.9. The van der Waals surface area contributed by atoms with Crippen LogP contribution in [0.2, 0.25) is 0 Å². The van der Waals surface area contributed by atoms with Gasteiger partial charge in [0.05, 0.1) is 34.4 Å². The third-order valence-electron chi connectivity index (χ3n) is 7.03. The summed E-state index contributed by atoms with van der Waals surface area (Å²) in [6, 6.07) is 12.0. The van der Waals surface area contributed by atoms with Gasteiger partial charge in [0.1, 0.15) is 5.75 Å². The van der Waals surface area contributed by atoms with Crippen LogP contribution in [0.4, 0.5) is 5.13 Å². The second-order valence-corrected chi connectivity index (χ2v) is 12.7. The van der Waals surface area contributed by atoms with Gasteiger partial charge in [0.25, 0.3) is 5.91 Å². The van der Waals surface area contributed by atoms with E-state index in [1.807, 2.05) is 25.1 Å². The standard InChI is InChI=1S/C27H33N3O5S2/c1-3-34-21-8-11-24-25(17-21)36-27(28-24)30(18-22-5-4-16-35-22)26(31)20-6-9-23(10-7-20)37(32,33)29-14-12-19(2)13-15-29/h6-11,17,19,22H,3-5,12-16,18H2,1-2H3. The molecule has 2 aliphatic rings. The molecule has 3 heterocycles. The molecule has 0 aliphatic carbocycles. The Balaban J connectivity index is 1.41. The number of piperidine rings is 1. The van der Waals surface area contributed by atoms with E-state index < -0.39 is 10.0 Å². The van der Waals surface area contributed by atoms with Gasteiger partial charge in [-0.2, -0.15) is 4.31 Å². The first kappa shape index (κ1) is 26.1. The van der Waals surface area contributed by atoms with Crippen LogP contribution >= 0.6 is 11.3 Å². The van der Waals surface area contributed by atoms with Crippen molar-refractivity contribution in [1.29, 1.82) is 0 Å². The fourth-order valence-electron chi connectivity index (χ4n) is 4.80. The number of sulfonamides is 1. The smallest absolute Gasteiger partial charge is 0.260 e. The van der Waals surface area contributed by atoms with E-state index in [1.165, 1.54) is 23.5 Å².